The van der Waals surface area contributed by atoms with Crippen LogP contribution in [-0.4, -0.2) is 55.4 Å². The minimum atomic E-state index is -4.34. The van der Waals surface area contributed by atoms with Gasteiger partial charge in [-0.15, -0.1) is 0 Å². The number of hydrogen-bond acceptors (Lipinski definition) is 4. The SMILES string of the molecule is O[C@@H](COc1ccccc1Br)CN1CCN(c2cccc(C(F)(F)F)c2)CC1. The second-order valence-corrected chi connectivity index (χ2v) is 7.59. The van der Waals surface area contributed by atoms with E-state index in [0.717, 1.165) is 10.5 Å². The molecule has 152 valence electrons. The molecule has 1 aliphatic heterocycles. The van der Waals surface area contributed by atoms with Crippen molar-refractivity contribution in [2.75, 3.05) is 44.2 Å². The summed E-state index contributed by atoms with van der Waals surface area (Å²) in [6, 6.07) is 12.9. The molecule has 1 atom stereocenters. The van der Waals surface area contributed by atoms with Gasteiger partial charge in [-0.25, -0.2) is 0 Å². The van der Waals surface area contributed by atoms with Gasteiger partial charge in [0.05, 0.1) is 10.0 Å². The lowest BCUT2D eigenvalue weighted by molar-refractivity contribution is -0.137. The fourth-order valence-electron chi connectivity index (χ4n) is 3.17. The number of rotatable bonds is 6. The van der Waals surface area contributed by atoms with Crippen molar-refractivity contribution in [1.29, 1.82) is 0 Å². The highest BCUT2D eigenvalue weighted by Crippen LogP contribution is 2.32. The van der Waals surface area contributed by atoms with E-state index in [0.29, 0.717) is 44.2 Å². The second-order valence-electron chi connectivity index (χ2n) is 6.73. The fourth-order valence-corrected chi connectivity index (χ4v) is 3.57. The lowest BCUT2D eigenvalue weighted by Gasteiger charge is -2.37. The molecule has 8 heteroatoms. The monoisotopic (exact) mass is 458 g/mol. The molecule has 3 rings (SSSR count). The first-order valence-corrected chi connectivity index (χ1v) is 9.82. The molecule has 1 N–H and O–H groups in total. The maximum atomic E-state index is 12.9. The Balaban J connectivity index is 1.47. The van der Waals surface area contributed by atoms with Gasteiger partial charge < -0.3 is 14.7 Å². The van der Waals surface area contributed by atoms with Crippen molar-refractivity contribution >= 4 is 21.6 Å². The molecule has 1 heterocycles. The largest absolute Gasteiger partial charge is 0.490 e. The van der Waals surface area contributed by atoms with Crippen molar-refractivity contribution < 1.29 is 23.0 Å². The Bertz CT molecular complexity index is 780. The predicted octanol–water partition coefficient (Wildman–Crippen LogP) is 4.03. The topological polar surface area (TPSA) is 35.9 Å². The van der Waals surface area contributed by atoms with Crippen LogP contribution in [0.2, 0.25) is 0 Å². The van der Waals surface area contributed by atoms with Crippen LogP contribution in [0.3, 0.4) is 0 Å². The van der Waals surface area contributed by atoms with Crippen LogP contribution < -0.4 is 9.64 Å². The van der Waals surface area contributed by atoms with Crippen LogP contribution in [0.4, 0.5) is 18.9 Å². The molecule has 0 aromatic heterocycles. The average Bonchev–Trinajstić information content (AvgIpc) is 2.67. The highest BCUT2D eigenvalue weighted by Gasteiger charge is 2.31. The number of piperazine rings is 1. The lowest BCUT2D eigenvalue weighted by atomic mass is 10.1. The van der Waals surface area contributed by atoms with Gasteiger partial charge in [-0.1, -0.05) is 18.2 Å². The third-order valence-corrected chi connectivity index (χ3v) is 5.30. The van der Waals surface area contributed by atoms with Gasteiger partial charge in [-0.05, 0) is 46.3 Å². The fraction of sp³-hybridized carbons (Fsp3) is 0.400. The predicted molar refractivity (Wildman–Crippen MR) is 106 cm³/mol. The van der Waals surface area contributed by atoms with Crippen LogP contribution in [-0.2, 0) is 6.18 Å². The molecule has 0 radical (unpaired) electrons. The molecule has 2 aromatic rings. The highest BCUT2D eigenvalue weighted by atomic mass is 79.9. The summed E-state index contributed by atoms with van der Waals surface area (Å²) in [6.45, 7) is 3.19. The number of alkyl halides is 3. The van der Waals surface area contributed by atoms with E-state index in [1.54, 1.807) is 6.07 Å². The molecular weight excluding hydrogens is 437 g/mol. The number of aliphatic hydroxyl groups is 1. The van der Waals surface area contributed by atoms with Gasteiger partial charge in [0.25, 0.3) is 0 Å². The van der Waals surface area contributed by atoms with Crippen molar-refractivity contribution in [1.82, 2.24) is 4.90 Å². The summed E-state index contributed by atoms with van der Waals surface area (Å²) >= 11 is 3.40. The zero-order chi connectivity index (χ0) is 20.1. The maximum Gasteiger partial charge on any atom is 0.416 e. The molecule has 0 aliphatic carbocycles. The first-order valence-electron chi connectivity index (χ1n) is 9.03. The molecule has 4 nitrogen and oxygen atoms in total. The number of ether oxygens (including phenoxy) is 1. The summed E-state index contributed by atoms with van der Waals surface area (Å²) in [5, 5.41) is 10.2. The molecule has 1 aliphatic rings. The first kappa shape index (κ1) is 21.0. The van der Waals surface area contributed by atoms with E-state index in [2.05, 4.69) is 20.8 Å². The zero-order valence-electron chi connectivity index (χ0n) is 15.2. The van der Waals surface area contributed by atoms with Gasteiger partial charge >= 0.3 is 6.18 Å². The number of hydrogen-bond donors (Lipinski definition) is 1. The molecule has 2 aromatic carbocycles. The summed E-state index contributed by atoms with van der Waals surface area (Å²) in [4.78, 5) is 4.04. The molecule has 0 saturated carbocycles. The number of para-hydroxylation sites is 1. The summed E-state index contributed by atoms with van der Waals surface area (Å²) < 4.78 is 45.1. The first-order chi connectivity index (χ1) is 13.3. The Morgan fingerprint density at radius 3 is 2.43 bits per heavy atom. The van der Waals surface area contributed by atoms with Gasteiger partial charge in [-0.3, -0.25) is 4.90 Å². The van der Waals surface area contributed by atoms with Crippen LogP contribution >= 0.6 is 15.9 Å². The van der Waals surface area contributed by atoms with Gasteiger partial charge in [0.2, 0.25) is 0 Å². The standard InChI is InChI=1S/C20H22BrF3N2O2/c21-18-6-1-2-7-19(18)28-14-17(27)13-25-8-10-26(11-9-25)16-5-3-4-15(12-16)20(22,23)24/h1-7,12,17,27H,8-11,13-14H2/t17-/m1/s1. The highest BCUT2D eigenvalue weighted by molar-refractivity contribution is 9.10. The Labute approximate surface area is 170 Å². The van der Waals surface area contributed by atoms with Crippen molar-refractivity contribution in [3.63, 3.8) is 0 Å². The quantitative estimate of drug-likeness (QED) is 0.708. The number of anilines is 1. The van der Waals surface area contributed by atoms with E-state index in [9.17, 15) is 18.3 Å². The van der Waals surface area contributed by atoms with Gasteiger partial charge in [-0.2, -0.15) is 13.2 Å². The summed E-state index contributed by atoms with van der Waals surface area (Å²) in [5.74, 6) is 0.677. The molecule has 0 bridgehead atoms. The third kappa shape index (κ3) is 5.62. The summed E-state index contributed by atoms with van der Waals surface area (Å²) in [6.07, 6.45) is -4.98. The van der Waals surface area contributed by atoms with Crippen LogP contribution in [0.15, 0.2) is 53.0 Å². The molecule has 0 spiro atoms. The molecular formula is C20H22BrF3N2O2. The molecule has 1 fully saturated rings. The number of benzene rings is 2. The van der Waals surface area contributed by atoms with Gasteiger partial charge in [0.15, 0.2) is 0 Å². The van der Waals surface area contributed by atoms with E-state index < -0.39 is 17.8 Å². The minimum absolute atomic E-state index is 0.177. The van der Waals surface area contributed by atoms with E-state index in [-0.39, 0.29) is 6.61 Å². The minimum Gasteiger partial charge on any atom is -0.490 e. The van der Waals surface area contributed by atoms with Crippen molar-refractivity contribution in [3.8, 4) is 5.75 Å². The Morgan fingerprint density at radius 1 is 1.04 bits per heavy atom. The Hall–Kier alpha value is -1.77. The third-order valence-electron chi connectivity index (χ3n) is 4.65. The van der Waals surface area contributed by atoms with E-state index in [1.807, 2.05) is 29.2 Å². The zero-order valence-corrected chi connectivity index (χ0v) is 16.8. The van der Waals surface area contributed by atoms with Crippen LogP contribution in [0.5, 0.6) is 5.75 Å². The summed E-state index contributed by atoms with van der Waals surface area (Å²) in [5.41, 5.74) is -0.0562. The maximum absolute atomic E-state index is 12.9. The van der Waals surface area contributed by atoms with Crippen molar-refractivity contribution in [2.45, 2.75) is 12.3 Å². The van der Waals surface area contributed by atoms with Crippen LogP contribution in [0.25, 0.3) is 0 Å². The van der Waals surface area contributed by atoms with E-state index in [4.69, 9.17) is 4.74 Å². The number of halogens is 4. The number of nitrogens with zero attached hydrogens (tertiary/aromatic N) is 2. The molecule has 0 unspecified atom stereocenters. The average molecular weight is 459 g/mol. The Kier molecular flexibility index (Phi) is 6.85. The van der Waals surface area contributed by atoms with Gasteiger partial charge in [0.1, 0.15) is 18.5 Å². The number of aliphatic hydroxyl groups excluding tert-OH is 1. The molecule has 28 heavy (non-hydrogen) atoms. The van der Waals surface area contributed by atoms with E-state index in [1.165, 1.54) is 12.1 Å². The van der Waals surface area contributed by atoms with E-state index >= 15 is 0 Å². The van der Waals surface area contributed by atoms with Gasteiger partial charge in [0, 0.05) is 38.4 Å². The van der Waals surface area contributed by atoms with Crippen LogP contribution in [0.1, 0.15) is 5.56 Å². The Morgan fingerprint density at radius 2 is 1.75 bits per heavy atom. The smallest absolute Gasteiger partial charge is 0.416 e. The molecule has 0 amide bonds. The second kappa shape index (κ2) is 9.15. The molecule has 1 saturated heterocycles. The van der Waals surface area contributed by atoms with Crippen molar-refractivity contribution in [3.05, 3.63) is 58.6 Å². The lowest BCUT2D eigenvalue weighted by Crippen LogP contribution is -2.49. The summed E-state index contributed by atoms with van der Waals surface area (Å²) in [7, 11) is 0. The van der Waals surface area contributed by atoms with Crippen LogP contribution in [0, 0.1) is 0 Å². The number of β-amino-alcohol motifs (C(OH)–C–C–N with tert-alkyl or cyclic N) is 1. The normalized spacial score (nSPS) is 16.8. The van der Waals surface area contributed by atoms with Crippen molar-refractivity contribution in [2.24, 2.45) is 0 Å².